The van der Waals surface area contributed by atoms with E-state index in [-0.39, 0.29) is 5.82 Å². The first kappa shape index (κ1) is 29.2. The number of halogens is 1. The molecule has 2 amide bonds. The summed E-state index contributed by atoms with van der Waals surface area (Å²) in [5.41, 5.74) is 9.66. The van der Waals surface area contributed by atoms with Crippen LogP contribution in [-0.4, -0.2) is 70.1 Å². The average molecular weight is 573 g/mol. The molecular formula is C31H37FN8O2. The summed E-state index contributed by atoms with van der Waals surface area (Å²) in [6.07, 6.45) is 6.95. The Morgan fingerprint density at radius 2 is 1.79 bits per heavy atom. The highest BCUT2D eigenvalue weighted by Gasteiger charge is 2.24. The van der Waals surface area contributed by atoms with Crippen LogP contribution < -0.4 is 16.4 Å². The Bertz CT molecular complexity index is 1460. The van der Waals surface area contributed by atoms with Crippen molar-refractivity contribution in [1.29, 1.82) is 0 Å². The summed E-state index contributed by atoms with van der Waals surface area (Å²) < 4.78 is 19.5. The number of hydrogen-bond acceptors (Lipinski definition) is 7. The number of urea groups is 1. The van der Waals surface area contributed by atoms with Crippen molar-refractivity contribution in [1.82, 2.24) is 24.6 Å². The van der Waals surface area contributed by atoms with Gasteiger partial charge in [-0.1, -0.05) is 30.3 Å². The van der Waals surface area contributed by atoms with Crippen LogP contribution in [0.15, 0.2) is 67.0 Å². The molecule has 220 valence electrons. The Morgan fingerprint density at radius 1 is 1.07 bits per heavy atom. The first-order valence-electron chi connectivity index (χ1n) is 14.2. The van der Waals surface area contributed by atoms with Crippen molar-refractivity contribution in [2.24, 2.45) is 5.73 Å². The number of carbonyl (C=O) groups excluding carboxylic acids is 1. The number of benzene rings is 2. The molecule has 4 aromatic rings. The summed E-state index contributed by atoms with van der Waals surface area (Å²) in [4.78, 5) is 22.6. The predicted molar refractivity (Wildman–Crippen MR) is 161 cm³/mol. The Balaban J connectivity index is 0.000000189. The lowest BCUT2D eigenvalue weighted by atomic mass is 9.99. The quantitative estimate of drug-likeness (QED) is 0.259. The zero-order chi connectivity index (χ0) is 29.5. The van der Waals surface area contributed by atoms with Crippen LogP contribution in [0, 0.1) is 12.7 Å². The molecule has 2 aromatic heterocycles. The van der Waals surface area contributed by atoms with E-state index in [1.807, 2.05) is 49.4 Å². The van der Waals surface area contributed by atoms with Crippen molar-refractivity contribution in [3.8, 4) is 16.9 Å². The molecule has 0 radical (unpaired) electrons. The summed E-state index contributed by atoms with van der Waals surface area (Å²) in [6.45, 7) is 5.84. The molecule has 10 nitrogen and oxygen atoms in total. The number of carbonyl (C=O) groups is 1. The van der Waals surface area contributed by atoms with E-state index in [0.717, 1.165) is 62.3 Å². The van der Waals surface area contributed by atoms with Gasteiger partial charge >= 0.3 is 6.03 Å². The van der Waals surface area contributed by atoms with Gasteiger partial charge in [0.25, 0.3) is 0 Å². The summed E-state index contributed by atoms with van der Waals surface area (Å²) in [7, 11) is 1.73. The third-order valence-corrected chi connectivity index (χ3v) is 7.43. The topological polar surface area (TPSA) is 123 Å². The first-order valence-corrected chi connectivity index (χ1v) is 14.2. The smallest absolute Gasteiger partial charge is 0.317 e. The van der Waals surface area contributed by atoms with Crippen LogP contribution in [0.2, 0.25) is 0 Å². The standard InChI is InChI=1S/C18H19N7O.C13H18FNO/c1-11-15(12-9-20-18(21-10-12)22-13-7-8-13)24-25(16(11)23-17(19)26)14-5-3-2-4-6-14;1-16-9-8-15-7-6-12(10-15)11-2-4-13(14)5-3-11/h2-6,9-10,13H,7-8H2,1H3,(H3,19,23,26)(H,20,21,22);2-5,12H,6-10H2,1H3. The van der Waals surface area contributed by atoms with Crippen molar-refractivity contribution < 1.29 is 13.9 Å². The molecule has 1 saturated carbocycles. The summed E-state index contributed by atoms with van der Waals surface area (Å²) in [5.74, 6) is 1.54. The van der Waals surface area contributed by atoms with Gasteiger partial charge in [-0.15, -0.1) is 0 Å². The number of methoxy groups -OCH3 is 1. The van der Waals surface area contributed by atoms with Gasteiger partial charge in [-0.3, -0.25) is 5.32 Å². The molecule has 4 N–H and O–H groups in total. The van der Waals surface area contributed by atoms with Gasteiger partial charge in [0, 0.05) is 49.8 Å². The Labute approximate surface area is 245 Å². The number of ether oxygens (including phenoxy) is 1. The molecule has 1 atom stereocenters. The minimum absolute atomic E-state index is 0.155. The molecular weight excluding hydrogens is 535 g/mol. The SMILES string of the molecule is COCCN1CCC(c2ccc(F)cc2)C1.Cc1c(-c2cnc(NC3CC3)nc2)nn(-c2ccccc2)c1NC(N)=O. The molecule has 2 fully saturated rings. The number of nitrogens with zero attached hydrogens (tertiary/aromatic N) is 5. The van der Waals surface area contributed by atoms with E-state index in [1.54, 1.807) is 36.3 Å². The average Bonchev–Trinajstić information content (AvgIpc) is 3.59. The van der Waals surface area contributed by atoms with Crippen molar-refractivity contribution >= 4 is 17.8 Å². The van der Waals surface area contributed by atoms with Gasteiger partial charge in [0.1, 0.15) is 17.3 Å². The molecule has 42 heavy (non-hydrogen) atoms. The molecule has 1 aliphatic heterocycles. The van der Waals surface area contributed by atoms with Gasteiger partial charge in [0.05, 0.1) is 12.3 Å². The highest BCUT2D eigenvalue weighted by atomic mass is 19.1. The van der Waals surface area contributed by atoms with E-state index in [0.29, 0.717) is 29.4 Å². The number of amides is 2. The van der Waals surface area contributed by atoms with Gasteiger partial charge in [-0.05, 0) is 68.5 Å². The maximum absolute atomic E-state index is 12.8. The van der Waals surface area contributed by atoms with Crippen LogP contribution in [0.3, 0.4) is 0 Å². The van der Waals surface area contributed by atoms with Crippen molar-refractivity contribution in [3.63, 3.8) is 0 Å². The van der Waals surface area contributed by atoms with Gasteiger partial charge < -0.3 is 20.7 Å². The van der Waals surface area contributed by atoms with E-state index in [1.165, 1.54) is 5.56 Å². The van der Waals surface area contributed by atoms with E-state index in [2.05, 4.69) is 30.6 Å². The third kappa shape index (κ3) is 7.48. The van der Waals surface area contributed by atoms with Crippen LogP contribution in [0.4, 0.5) is 21.0 Å². The molecule has 1 aliphatic carbocycles. The normalized spacial score (nSPS) is 16.5. The van der Waals surface area contributed by atoms with Gasteiger partial charge in [0.15, 0.2) is 0 Å². The fourth-order valence-electron chi connectivity index (χ4n) is 4.99. The second-order valence-corrected chi connectivity index (χ2v) is 10.6. The molecule has 3 heterocycles. The van der Waals surface area contributed by atoms with E-state index in [9.17, 15) is 9.18 Å². The number of rotatable bonds is 9. The van der Waals surface area contributed by atoms with Crippen LogP contribution in [0.25, 0.3) is 16.9 Å². The van der Waals surface area contributed by atoms with E-state index >= 15 is 0 Å². The van der Waals surface area contributed by atoms with E-state index in [4.69, 9.17) is 10.5 Å². The fourth-order valence-corrected chi connectivity index (χ4v) is 4.99. The maximum Gasteiger partial charge on any atom is 0.317 e. The van der Waals surface area contributed by atoms with E-state index < -0.39 is 6.03 Å². The summed E-state index contributed by atoms with van der Waals surface area (Å²) >= 11 is 0. The fraction of sp³-hybridized carbons (Fsp3) is 0.355. The van der Waals surface area contributed by atoms with Crippen LogP contribution >= 0.6 is 0 Å². The number of aromatic nitrogens is 4. The zero-order valence-electron chi connectivity index (χ0n) is 24.0. The van der Waals surface area contributed by atoms with Crippen molar-refractivity contribution in [2.45, 2.75) is 38.1 Å². The number of nitrogens with one attached hydrogen (secondary N) is 2. The molecule has 2 aliphatic rings. The number of hydrogen-bond donors (Lipinski definition) is 3. The van der Waals surface area contributed by atoms with Gasteiger partial charge in [-0.25, -0.2) is 23.8 Å². The van der Waals surface area contributed by atoms with Gasteiger partial charge in [-0.2, -0.15) is 5.10 Å². The van der Waals surface area contributed by atoms with Gasteiger partial charge in [0.2, 0.25) is 5.95 Å². The maximum atomic E-state index is 12.8. The Morgan fingerprint density at radius 3 is 2.43 bits per heavy atom. The lowest BCUT2D eigenvalue weighted by Gasteiger charge is -2.15. The monoisotopic (exact) mass is 572 g/mol. The number of nitrogens with two attached hydrogens (primary N) is 1. The molecule has 1 saturated heterocycles. The summed E-state index contributed by atoms with van der Waals surface area (Å²) in [5, 5.41) is 10.6. The minimum atomic E-state index is -0.642. The Kier molecular flexibility index (Phi) is 9.40. The molecule has 6 rings (SSSR count). The van der Waals surface area contributed by atoms with Crippen LogP contribution in [0.5, 0.6) is 0 Å². The highest BCUT2D eigenvalue weighted by Crippen LogP contribution is 2.31. The summed E-state index contributed by atoms with van der Waals surface area (Å²) in [6, 6.07) is 16.3. The second kappa shape index (κ2) is 13.5. The minimum Gasteiger partial charge on any atom is -0.383 e. The molecule has 0 spiro atoms. The largest absolute Gasteiger partial charge is 0.383 e. The molecule has 1 unspecified atom stereocenters. The number of para-hydroxylation sites is 1. The van der Waals surface area contributed by atoms with Crippen molar-refractivity contribution in [2.75, 3.05) is 44.0 Å². The Hall–Kier alpha value is -4.35. The van der Waals surface area contributed by atoms with Crippen LogP contribution in [-0.2, 0) is 4.74 Å². The predicted octanol–water partition coefficient (Wildman–Crippen LogP) is 4.96. The zero-order valence-corrected chi connectivity index (χ0v) is 24.0. The van der Waals surface area contributed by atoms with Crippen LogP contribution in [0.1, 0.15) is 36.3 Å². The number of primary amides is 1. The molecule has 11 heteroatoms. The molecule has 2 aromatic carbocycles. The lowest BCUT2D eigenvalue weighted by molar-refractivity contribution is 0.160. The second-order valence-electron chi connectivity index (χ2n) is 10.6. The first-order chi connectivity index (χ1) is 20.4. The third-order valence-electron chi connectivity index (χ3n) is 7.43. The highest BCUT2D eigenvalue weighted by molar-refractivity contribution is 5.89. The number of anilines is 2. The molecule has 0 bridgehead atoms. The number of likely N-dealkylation sites (tertiary alicyclic amines) is 1. The lowest BCUT2D eigenvalue weighted by Crippen LogP contribution is -2.24. The van der Waals surface area contributed by atoms with Crippen molar-refractivity contribution in [3.05, 3.63) is 83.9 Å².